The van der Waals surface area contributed by atoms with Crippen LogP contribution >= 0.6 is 0 Å². The Morgan fingerprint density at radius 1 is 1.10 bits per heavy atom. The van der Waals surface area contributed by atoms with Crippen molar-refractivity contribution in [1.82, 2.24) is 20.8 Å². The summed E-state index contributed by atoms with van der Waals surface area (Å²) in [6.45, 7) is 3.97. The zero-order valence-corrected chi connectivity index (χ0v) is 16.3. The average molecular weight is 390 g/mol. The van der Waals surface area contributed by atoms with E-state index >= 15 is 0 Å². The first kappa shape index (κ1) is 18.9. The fraction of sp³-hybridized carbons (Fsp3) is 0.273. The number of carbonyl (C=O) groups is 2. The number of hydrogen-bond acceptors (Lipinski definition) is 5. The first-order valence-electron chi connectivity index (χ1n) is 9.59. The number of hydrogen-bond donors (Lipinski definition) is 2. The molecule has 2 N–H and O–H groups in total. The third-order valence-corrected chi connectivity index (χ3v) is 5.10. The van der Waals surface area contributed by atoms with E-state index in [4.69, 9.17) is 4.52 Å². The molecule has 0 unspecified atom stereocenters. The van der Waals surface area contributed by atoms with E-state index in [0.29, 0.717) is 12.0 Å². The Morgan fingerprint density at radius 2 is 1.93 bits per heavy atom. The summed E-state index contributed by atoms with van der Waals surface area (Å²) in [5, 5.41) is 9.99. The molecule has 0 bridgehead atoms. The number of carbonyl (C=O) groups excluding carboxylic acids is 2. The molecule has 0 saturated carbocycles. The highest BCUT2D eigenvalue weighted by atomic mass is 16.5. The Labute approximate surface area is 168 Å². The van der Waals surface area contributed by atoms with Gasteiger partial charge < -0.3 is 15.2 Å². The number of rotatable bonds is 5. The van der Waals surface area contributed by atoms with E-state index in [1.807, 2.05) is 38.1 Å². The van der Waals surface area contributed by atoms with Crippen LogP contribution in [0.15, 0.2) is 59.4 Å². The molecule has 1 aliphatic carbocycles. The second-order valence-corrected chi connectivity index (χ2v) is 7.45. The maximum atomic E-state index is 12.7. The molecule has 4 rings (SSSR count). The van der Waals surface area contributed by atoms with E-state index in [-0.39, 0.29) is 35.6 Å². The molecule has 0 radical (unpaired) electrons. The van der Waals surface area contributed by atoms with Crippen LogP contribution in [0.3, 0.4) is 0 Å². The maximum absolute atomic E-state index is 12.7. The van der Waals surface area contributed by atoms with Crippen LogP contribution in [-0.4, -0.2) is 28.0 Å². The minimum absolute atomic E-state index is 0.169. The van der Waals surface area contributed by atoms with Crippen molar-refractivity contribution >= 4 is 11.8 Å². The van der Waals surface area contributed by atoms with E-state index in [9.17, 15) is 9.59 Å². The van der Waals surface area contributed by atoms with Gasteiger partial charge in [-0.15, -0.1) is 0 Å². The number of benzene rings is 1. The van der Waals surface area contributed by atoms with Crippen LogP contribution in [0.1, 0.15) is 63.5 Å². The van der Waals surface area contributed by atoms with E-state index in [1.165, 1.54) is 6.20 Å². The highest BCUT2D eigenvalue weighted by Gasteiger charge is 2.35. The molecule has 2 amide bonds. The Balaban J connectivity index is 1.55. The molecule has 0 spiro atoms. The SMILES string of the molecule is CC(C)c1cc(C(=O)N[C@@H]2Cc3ccccc3[C@H]2NC(=O)c2cccnc2)on1. The van der Waals surface area contributed by atoms with Crippen LogP contribution in [0.25, 0.3) is 0 Å². The molecular formula is C22H22N4O3. The summed E-state index contributed by atoms with van der Waals surface area (Å²) >= 11 is 0. The minimum atomic E-state index is -0.352. The summed E-state index contributed by atoms with van der Waals surface area (Å²) in [5.74, 6) is -0.242. The molecule has 2 aromatic heterocycles. The van der Waals surface area contributed by atoms with Gasteiger partial charge in [-0.05, 0) is 35.6 Å². The third-order valence-electron chi connectivity index (χ3n) is 5.10. The van der Waals surface area contributed by atoms with Gasteiger partial charge in [0.05, 0.1) is 23.3 Å². The highest BCUT2D eigenvalue weighted by Crippen LogP contribution is 2.32. The molecule has 1 aromatic carbocycles. The number of nitrogens with zero attached hydrogens (tertiary/aromatic N) is 2. The third kappa shape index (κ3) is 3.89. The maximum Gasteiger partial charge on any atom is 0.290 e. The van der Waals surface area contributed by atoms with Crippen molar-refractivity contribution in [3.05, 3.63) is 83.0 Å². The first-order valence-corrected chi connectivity index (χ1v) is 9.59. The minimum Gasteiger partial charge on any atom is -0.351 e. The van der Waals surface area contributed by atoms with E-state index in [1.54, 1.807) is 24.4 Å². The number of fused-ring (bicyclic) bond motifs is 1. The van der Waals surface area contributed by atoms with Crippen LogP contribution in [0.5, 0.6) is 0 Å². The normalized spacial score (nSPS) is 17.8. The molecule has 3 aromatic rings. The van der Waals surface area contributed by atoms with Crippen molar-refractivity contribution < 1.29 is 14.1 Å². The summed E-state index contributed by atoms with van der Waals surface area (Å²) in [5.41, 5.74) is 3.29. The topological polar surface area (TPSA) is 97.1 Å². The van der Waals surface area contributed by atoms with Crippen molar-refractivity contribution in [2.45, 2.75) is 38.3 Å². The molecular weight excluding hydrogens is 368 g/mol. The van der Waals surface area contributed by atoms with Gasteiger partial charge in [0, 0.05) is 18.5 Å². The number of amides is 2. The molecule has 2 atom stereocenters. The van der Waals surface area contributed by atoms with Gasteiger partial charge >= 0.3 is 0 Å². The number of nitrogens with one attached hydrogen (secondary N) is 2. The van der Waals surface area contributed by atoms with Gasteiger partial charge in [0.25, 0.3) is 11.8 Å². The summed E-state index contributed by atoms with van der Waals surface area (Å²) in [6, 6.07) is 12.3. The number of pyridine rings is 1. The molecule has 0 aliphatic heterocycles. The Kier molecular flexibility index (Phi) is 5.12. The van der Waals surface area contributed by atoms with Crippen molar-refractivity contribution in [3.63, 3.8) is 0 Å². The summed E-state index contributed by atoms with van der Waals surface area (Å²) < 4.78 is 5.20. The molecule has 1 aliphatic rings. The fourth-order valence-electron chi connectivity index (χ4n) is 3.54. The largest absolute Gasteiger partial charge is 0.351 e. The Morgan fingerprint density at radius 3 is 2.66 bits per heavy atom. The van der Waals surface area contributed by atoms with E-state index in [0.717, 1.165) is 16.8 Å². The van der Waals surface area contributed by atoms with Gasteiger partial charge in [0.1, 0.15) is 0 Å². The zero-order chi connectivity index (χ0) is 20.4. The van der Waals surface area contributed by atoms with Gasteiger partial charge in [0.15, 0.2) is 0 Å². The second-order valence-electron chi connectivity index (χ2n) is 7.45. The van der Waals surface area contributed by atoms with Crippen molar-refractivity contribution in [1.29, 1.82) is 0 Å². The average Bonchev–Trinajstić information content (AvgIpc) is 3.35. The summed E-state index contributed by atoms with van der Waals surface area (Å²) in [6.07, 6.45) is 3.75. The summed E-state index contributed by atoms with van der Waals surface area (Å²) in [4.78, 5) is 29.4. The quantitative estimate of drug-likeness (QED) is 0.698. The number of aromatic nitrogens is 2. The fourth-order valence-corrected chi connectivity index (χ4v) is 3.54. The smallest absolute Gasteiger partial charge is 0.290 e. The van der Waals surface area contributed by atoms with Crippen molar-refractivity contribution in [2.24, 2.45) is 0 Å². The molecule has 2 heterocycles. The standard InChI is InChI=1S/C22H22N4O3/c1-13(2)17-11-19(29-26-17)22(28)24-18-10-14-6-3-4-8-16(14)20(18)25-21(27)15-7-5-9-23-12-15/h3-9,11-13,18,20H,10H2,1-2H3,(H,24,28)(H,25,27)/t18-,20-/m1/s1. The molecule has 0 fully saturated rings. The lowest BCUT2D eigenvalue weighted by Gasteiger charge is -2.22. The van der Waals surface area contributed by atoms with Crippen LogP contribution < -0.4 is 10.6 Å². The van der Waals surface area contributed by atoms with Crippen LogP contribution in [0.4, 0.5) is 0 Å². The Hall–Kier alpha value is -3.48. The highest BCUT2D eigenvalue weighted by molar-refractivity contribution is 5.94. The molecule has 7 nitrogen and oxygen atoms in total. The van der Waals surface area contributed by atoms with Gasteiger partial charge in [-0.25, -0.2) is 0 Å². The predicted molar refractivity (Wildman–Crippen MR) is 106 cm³/mol. The zero-order valence-electron chi connectivity index (χ0n) is 16.3. The van der Waals surface area contributed by atoms with Crippen LogP contribution in [0, 0.1) is 0 Å². The van der Waals surface area contributed by atoms with Crippen molar-refractivity contribution in [3.8, 4) is 0 Å². The van der Waals surface area contributed by atoms with Gasteiger partial charge in [-0.2, -0.15) is 0 Å². The van der Waals surface area contributed by atoms with Gasteiger partial charge in [-0.1, -0.05) is 43.3 Å². The van der Waals surface area contributed by atoms with Crippen LogP contribution in [-0.2, 0) is 6.42 Å². The summed E-state index contributed by atoms with van der Waals surface area (Å²) in [7, 11) is 0. The second kappa shape index (κ2) is 7.87. The lowest BCUT2D eigenvalue weighted by Crippen LogP contribution is -2.44. The van der Waals surface area contributed by atoms with E-state index < -0.39 is 0 Å². The predicted octanol–water partition coefficient (Wildman–Crippen LogP) is 3.02. The van der Waals surface area contributed by atoms with Gasteiger partial charge in [0.2, 0.25) is 5.76 Å². The monoisotopic (exact) mass is 390 g/mol. The van der Waals surface area contributed by atoms with Crippen molar-refractivity contribution in [2.75, 3.05) is 0 Å². The molecule has 148 valence electrons. The van der Waals surface area contributed by atoms with E-state index in [2.05, 4.69) is 20.8 Å². The lowest BCUT2D eigenvalue weighted by molar-refractivity contribution is 0.0865. The Bertz CT molecular complexity index is 1030. The molecule has 29 heavy (non-hydrogen) atoms. The molecule has 0 saturated heterocycles. The van der Waals surface area contributed by atoms with Gasteiger partial charge in [-0.3, -0.25) is 14.6 Å². The molecule has 7 heteroatoms. The lowest BCUT2D eigenvalue weighted by atomic mass is 10.1. The van der Waals surface area contributed by atoms with Crippen LogP contribution in [0.2, 0.25) is 0 Å². The first-order chi connectivity index (χ1) is 14.0.